The van der Waals surface area contributed by atoms with E-state index in [1.165, 1.54) is 24.3 Å². The van der Waals surface area contributed by atoms with Crippen molar-refractivity contribution in [2.24, 2.45) is 5.92 Å². The fourth-order valence-corrected chi connectivity index (χ4v) is 3.44. The number of terminal acetylenes is 1. The van der Waals surface area contributed by atoms with E-state index in [2.05, 4.69) is 10.6 Å². The van der Waals surface area contributed by atoms with Crippen molar-refractivity contribution in [3.05, 3.63) is 29.8 Å². The molecule has 1 saturated heterocycles. The average Bonchev–Trinajstić information content (AvgIpc) is 2.59. The Kier molecular flexibility index (Phi) is 5.59. The molecule has 24 heavy (non-hydrogen) atoms. The summed E-state index contributed by atoms with van der Waals surface area (Å²) in [6.07, 6.45) is 5.87. The van der Waals surface area contributed by atoms with Gasteiger partial charge in [-0.25, -0.2) is 8.42 Å². The first-order valence-corrected chi connectivity index (χ1v) is 8.88. The summed E-state index contributed by atoms with van der Waals surface area (Å²) < 4.78 is 26.1. The number of amides is 1. The lowest BCUT2D eigenvalue weighted by Gasteiger charge is -2.30. The van der Waals surface area contributed by atoms with Crippen LogP contribution in [0.1, 0.15) is 23.2 Å². The van der Waals surface area contributed by atoms with E-state index in [0.29, 0.717) is 31.5 Å². The highest BCUT2D eigenvalue weighted by Gasteiger charge is 2.27. The van der Waals surface area contributed by atoms with Gasteiger partial charge in [-0.2, -0.15) is 4.72 Å². The number of likely N-dealkylation sites (tertiary alicyclic amines) is 1. The number of carbonyl (C=O) groups excluding carboxylic acids is 1. The summed E-state index contributed by atoms with van der Waals surface area (Å²) in [7, 11) is -3.69. The number of hydrogen-bond acceptors (Lipinski definition) is 4. The third-order valence-electron chi connectivity index (χ3n) is 3.91. The second-order valence-electron chi connectivity index (χ2n) is 5.46. The Hall–Kier alpha value is -2.37. The summed E-state index contributed by atoms with van der Waals surface area (Å²) in [5.74, 6) is 0.698. The molecule has 1 heterocycles. The van der Waals surface area contributed by atoms with Gasteiger partial charge in [0.25, 0.3) is 5.91 Å². The highest BCUT2D eigenvalue weighted by atomic mass is 32.2. The van der Waals surface area contributed by atoms with Gasteiger partial charge >= 0.3 is 5.97 Å². The highest BCUT2D eigenvalue weighted by molar-refractivity contribution is 7.89. The molecule has 1 aromatic carbocycles. The first-order valence-electron chi connectivity index (χ1n) is 7.40. The minimum Gasteiger partial charge on any atom is -0.481 e. The van der Waals surface area contributed by atoms with Gasteiger partial charge in [0, 0.05) is 18.7 Å². The summed E-state index contributed by atoms with van der Waals surface area (Å²) in [5.41, 5.74) is 0.361. The lowest BCUT2D eigenvalue weighted by Crippen LogP contribution is -2.40. The average molecular weight is 350 g/mol. The fraction of sp³-hybridized carbons (Fsp3) is 0.375. The van der Waals surface area contributed by atoms with Crippen molar-refractivity contribution in [3.63, 3.8) is 0 Å². The monoisotopic (exact) mass is 350 g/mol. The van der Waals surface area contributed by atoms with Crippen LogP contribution in [0.2, 0.25) is 0 Å². The second kappa shape index (κ2) is 7.47. The van der Waals surface area contributed by atoms with Crippen molar-refractivity contribution in [2.75, 3.05) is 19.6 Å². The molecular formula is C16H18N2O5S. The maximum Gasteiger partial charge on any atom is 0.306 e. The van der Waals surface area contributed by atoms with E-state index < -0.39 is 21.9 Å². The summed E-state index contributed by atoms with van der Waals surface area (Å²) in [6, 6.07) is 5.57. The molecule has 1 fully saturated rings. The van der Waals surface area contributed by atoms with Crippen LogP contribution in [0.15, 0.2) is 29.2 Å². The van der Waals surface area contributed by atoms with Crippen molar-refractivity contribution in [2.45, 2.75) is 17.7 Å². The van der Waals surface area contributed by atoms with Gasteiger partial charge in [-0.3, -0.25) is 9.59 Å². The number of hydrogen-bond donors (Lipinski definition) is 2. The summed E-state index contributed by atoms with van der Waals surface area (Å²) in [5, 5.41) is 8.97. The Morgan fingerprint density at radius 3 is 2.33 bits per heavy atom. The number of rotatable bonds is 5. The molecular weight excluding hydrogens is 332 g/mol. The zero-order valence-electron chi connectivity index (χ0n) is 12.9. The molecule has 128 valence electrons. The standard InChI is InChI=1S/C16H18N2O5S/c1-2-9-17-24(22,23)14-5-3-12(4-6-14)15(19)18-10-7-13(8-11-18)16(20)21/h1,3-6,13,17H,7-11H2,(H,20,21). The molecule has 0 bridgehead atoms. The van der Waals surface area contributed by atoms with Crippen LogP contribution < -0.4 is 4.72 Å². The number of nitrogens with zero attached hydrogens (tertiary/aromatic N) is 1. The largest absolute Gasteiger partial charge is 0.481 e. The molecule has 0 radical (unpaired) electrons. The van der Waals surface area contributed by atoms with Crippen LogP contribution in [0.5, 0.6) is 0 Å². The number of piperidine rings is 1. The Morgan fingerprint density at radius 2 is 1.83 bits per heavy atom. The maximum atomic E-state index is 12.4. The van der Waals surface area contributed by atoms with Crippen molar-refractivity contribution >= 4 is 21.9 Å². The number of carboxylic acid groups (broad SMARTS) is 1. The number of sulfonamides is 1. The number of nitrogens with one attached hydrogen (secondary N) is 1. The lowest BCUT2D eigenvalue weighted by atomic mass is 9.96. The van der Waals surface area contributed by atoms with Crippen molar-refractivity contribution in [1.82, 2.24) is 9.62 Å². The topological polar surface area (TPSA) is 104 Å². The zero-order valence-corrected chi connectivity index (χ0v) is 13.8. The van der Waals surface area contributed by atoms with E-state index in [9.17, 15) is 18.0 Å². The van der Waals surface area contributed by atoms with Gasteiger partial charge in [0.05, 0.1) is 17.4 Å². The molecule has 0 saturated carbocycles. The van der Waals surface area contributed by atoms with Crippen LogP contribution in [-0.4, -0.2) is 49.9 Å². The van der Waals surface area contributed by atoms with Gasteiger partial charge in [-0.1, -0.05) is 5.92 Å². The minimum atomic E-state index is -3.69. The Balaban J connectivity index is 2.05. The first kappa shape index (κ1) is 18.0. The van der Waals surface area contributed by atoms with Gasteiger partial charge in [-0.15, -0.1) is 6.42 Å². The summed E-state index contributed by atoms with van der Waals surface area (Å²) in [6.45, 7) is 0.640. The molecule has 1 aliphatic rings. The van der Waals surface area contributed by atoms with E-state index in [1.807, 2.05) is 0 Å². The minimum absolute atomic E-state index is 0.0267. The third kappa shape index (κ3) is 4.13. The van der Waals surface area contributed by atoms with Gasteiger partial charge in [-0.05, 0) is 37.1 Å². The first-order chi connectivity index (χ1) is 11.3. The maximum absolute atomic E-state index is 12.4. The van der Waals surface area contributed by atoms with Crippen molar-refractivity contribution < 1.29 is 23.1 Å². The third-order valence-corrected chi connectivity index (χ3v) is 5.32. The molecule has 1 amide bonds. The molecule has 0 aromatic heterocycles. The Labute approximate surface area is 140 Å². The van der Waals surface area contributed by atoms with Crippen molar-refractivity contribution in [1.29, 1.82) is 0 Å². The number of aliphatic carboxylic acids is 1. The van der Waals surface area contributed by atoms with E-state index in [4.69, 9.17) is 11.5 Å². The molecule has 0 spiro atoms. The molecule has 8 heteroatoms. The molecule has 1 aliphatic heterocycles. The number of carbonyl (C=O) groups is 2. The molecule has 1 aromatic rings. The molecule has 0 atom stereocenters. The van der Waals surface area contributed by atoms with E-state index in [-0.39, 0.29) is 17.3 Å². The van der Waals surface area contributed by atoms with Crippen LogP contribution in [0.3, 0.4) is 0 Å². The predicted octanol–water partition coefficient (Wildman–Crippen LogP) is 0.535. The molecule has 0 aliphatic carbocycles. The van der Waals surface area contributed by atoms with Gasteiger partial charge in [0.15, 0.2) is 0 Å². The van der Waals surface area contributed by atoms with E-state index in [1.54, 1.807) is 4.90 Å². The van der Waals surface area contributed by atoms with Crippen LogP contribution in [0.4, 0.5) is 0 Å². The predicted molar refractivity (Wildman–Crippen MR) is 86.7 cm³/mol. The Bertz CT molecular complexity index is 757. The molecule has 2 rings (SSSR count). The van der Waals surface area contributed by atoms with Crippen LogP contribution >= 0.6 is 0 Å². The lowest BCUT2D eigenvalue weighted by molar-refractivity contribution is -0.143. The second-order valence-corrected chi connectivity index (χ2v) is 7.22. The molecule has 0 unspecified atom stereocenters. The summed E-state index contributed by atoms with van der Waals surface area (Å²) >= 11 is 0. The van der Waals surface area contributed by atoms with Gasteiger partial charge in [0.2, 0.25) is 10.0 Å². The quantitative estimate of drug-likeness (QED) is 0.754. The normalized spacial score (nSPS) is 15.7. The van der Waals surface area contributed by atoms with Gasteiger partial charge in [0.1, 0.15) is 0 Å². The zero-order chi connectivity index (χ0) is 17.7. The SMILES string of the molecule is C#CCNS(=O)(=O)c1ccc(C(=O)N2CCC(C(=O)O)CC2)cc1. The van der Waals surface area contributed by atoms with Crippen molar-refractivity contribution in [3.8, 4) is 12.3 Å². The molecule has 7 nitrogen and oxygen atoms in total. The highest BCUT2D eigenvalue weighted by Crippen LogP contribution is 2.20. The smallest absolute Gasteiger partial charge is 0.306 e. The van der Waals surface area contributed by atoms with Gasteiger partial charge < -0.3 is 10.0 Å². The summed E-state index contributed by atoms with van der Waals surface area (Å²) in [4.78, 5) is 24.9. The number of carboxylic acids is 1. The fourth-order valence-electron chi connectivity index (χ4n) is 2.51. The van der Waals surface area contributed by atoms with Crippen LogP contribution in [-0.2, 0) is 14.8 Å². The van der Waals surface area contributed by atoms with E-state index in [0.717, 1.165) is 0 Å². The Morgan fingerprint density at radius 1 is 1.25 bits per heavy atom. The van der Waals surface area contributed by atoms with E-state index >= 15 is 0 Å². The number of benzene rings is 1. The molecule has 2 N–H and O–H groups in total. The van der Waals surface area contributed by atoms with Crippen LogP contribution in [0, 0.1) is 18.3 Å². The van der Waals surface area contributed by atoms with Crippen LogP contribution in [0.25, 0.3) is 0 Å².